The number of hydrogen-bond donors (Lipinski definition) is 0. The molecule has 1 fully saturated rings. The fourth-order valence-electron chi connectivity index (χ4n) is 3.09. The van der Waals surface area contributed by atoms with E-state index in [-0.39, 0.29) is 5.78 Å². The molecular formula is C20H23IN2O. The Morgan fingerprint density at radius 1 is 0.875 bits per heavy atom. The predicted molar refractivity (Wildman–Crippen MR) is 106 cm³/mol. The summed E-state index contributed by atoms with van der Waals surface area (Å²) < 4.78 is 1.05. The first-order chi connectivity index (χ1) is 11.7. The normalized spacial score (nSPS) is 16.2. The number of benzene rings is 2. The van der Waals surface area contributed by atoms with Crippen LogP contribution >= 0.6 is 22.6 Å². The molecule has 2 aromatic carbocycles. The Bertz CT molecular complexity index is 666. The van der Waals surface area contributed by atoms with Crippen molar-refractivity contribution in [1.82, 2.24) is 9.80 Å². The molecule has 0 aromatic heterocycles. The van der Waals surface area contributed by atoms with Gasteiger partial charge in [-0.15, -0.1) is 0 Å². The number of nitrogens with zero attached hydrogens (tertiary/aromatic N) is 2. The van der Waals surface area contributed by atoms with E-state index in [1.807, 2.05) is 24.3 Å². The second-order valence-electron chi connectivity index (χ2n) is 6.26. The number of ketones is 1. The molecule has 1 aliphatic heterocycles. The van der Waals surface area contributed by atoms with E-state index < -0.39 is 0 Å². The largest absolute Gasteiger partial charge is 0.300 e. The molecule has 0 bridgehead atoms. The highest BCUT2D eigenvalue weighted by atomic mass is 127. The summed E-state index contributed by atoms with van der Waals surface area (Å²) in [6, 6.07) is 18.5. The summed E-state index contributed by atoms with van der Waals surface area (Å²) in [6.45, 7) is 6.13. The molecule has 0 saturated carbocycles. The van der Waals surface area contributed by atoms with Crippen LogP contribution in [0, 0.1) is 3.57 Å². The van der Waals surface area contributed by atoms with Crippen molar-refractivity contribution in [2.75, 3.05) is 32.7 Å². The van der Waals surface area contributed by atoms with Crippen molar-refractivity contribution < 1.29 is 4.79 Å². The molecule has 2 aromatic rings. The number of rotatable bonds is 6. The summed E-state index contributed by atoms with van der Waals surface area (Å²) in [5, 5.41) is 0. The summed E-state index contributed by atoms with van der Waals surface area (Å²) in [5.41, 5.74) is 2.24. The molecule has 1 aliphatic rings. The van der Waals surface area contributed by atoms with Crippen LogP contribution in [0.25, 0.3) is 0 Å². The fraction of sp³-hybridized carbons (Fsp3) is 0.350. The van der Waals surface area contributed by atoms with Crippen molar-refractivity contribution >= 4 is 28.4 Å². The Labute approximate surface area is 157 Å². The minimum absolute atomic E-state index is 0.256. The van der Waals surface area contributed by atoms with Gasteiger partial charge in [0.15, 0.2) is 5.78 Å². The Hall–Kier alpha value is -1.24. The zero-order valence-corrected chi connectivity index (χ0v) is 16.0. The first-order valence-electron chi connectivity index (χ1n) is 8.49. The van der Waals surface area contributed by atoms with Crippen LogP contribution in [0.2, 0.25) is 0 Å². The lowest BCUT2D eigenvalue weighted by atomic mass is 10.1. The number of carbonyl (C=O) groups excluding carboxylic acids is 1. The lowest BCUT2D eigenvalue weighted by molar-refractivity contribution is 0.0922. The van der Waals surface area contributed by atoms with Crippen LogP contribution in [0.3, 0.4) is 0 Å². The first kappa shape index (κ1) is 17.6. The van der Waals surface area contributed by atoms with Crippen molar-refractivity contribution in [3.63, 3.8) is 0 Å². The Kier molecular flexibility index (Phi) is 6.40. The molecule has 0 aliphatic carbocycles. The van der Waals surface area contributed by atoms with Gasteiger partial charge in [0.2, 0.25) is 0 Å². The van der Waals surface area contributed by atoms with Gasteiger partial charge < -0.3 is 4.90 Å². The molecule has 126 valence electrons. The van der Waals surface area contributed by atoms with Crippen molar-refractivity contribution in [3.05, 3.63) is 69.3 Å². The quantitative estimate of drug-likeness (QED) is 0.512. The summed E-state index contributed by atoms with van der Waals surface area (Å²) in [6.07, 6.45) is 0.610. The van der Waals surface area contributed by atoms with Crippen LogP contribution in [0.15, 0.2) is 54.6 Å². The summed E-state index contributed by atoms with van der Waals surface area (Å²) >= 11 is 2.24. The predicted octanol–water partition coefficient (Wildman–Crippen LogP) is 3.68. The Morgan fingerprint density at radius 3 is 2.21 bits per heavy atom. The van der Waals surface area contributed by atoms with E-state index in [1.54, 1.807) is 0 Å². The molecule has 3 rings (SSSR count). The average Bonchev–Trinajstić information content (AvgIpc) is 2.62. The van der Waals surface area contributed by atoms with Crippen molar-refractivity contribution in [3.8, 4) is 0 Å². The lowest BCUT2D eigenvalue weighted by Gasteiger charge is -2.34. The van der Waals surface area contributed by atoms with Crippen molar-refractivity contribution in [2.45, 2.75) is 13.0 Å². The average molecular weight is 434 g/mol. The number of piperazine rings is 1. The highest BCUT2D eigenvalue weighted by Crippen LogP contribution is 2.14. The van der Waals surface area contributed by atoms with Crippen LogP contribution in [-0.2, 0) is 6.54 Å². The second kappa shape index (κ2) is 8.74. The monoisotopic (exact) mass is 434 g/mol. The highest BCUT2D eigenvalue weighted by molar-refractivity contribution is 14.1. The fourth-order valence-corrected chi connectivity index (χ4v) is 3.78. The van der Waals surface area contributed by atoms with Crippen molar-refractivity contribution in [1.29, 1.82) is 0 Å². The third-order valence-electron chi connectivity index (χ3n) is 4.54. The molecule has 1 heterocycles. The maximum absolute atomic E-state index is 12.4. The minimum atomic E-state index is 0.256. The smallest absolute Gasteiger partial charge is 0.165 e. The maximum Gasteiger partial charge on any atom is 0.165 e. The van der Waals surface area contributed by atoms with E-state index >= 15 is 0 Å². The van der Waals surface area contributed by atoms with Gasteiger partial charge in [-0.3, -0.25) is 9.69 Å². The van der Waals surface area contributed by atoms with E-state index in [1.165, 1.54) is 5.56 Å². The van der Waals surface area contributed by atoms with E-state index in [9.17, 15) is 4.79 Å². The second-order valence-corrected chi connectivity index (χ2v) is 7.42. The molecule has 0 radical (unpaired) electrons. The zero-order valence-electron chi connectivity index (χ0n) is 13.8. The molecule has 1 saturated heterocycles. The van der Waals surface area contributed by atoms with Crippen molar-refractivity contribution in [2.24, 2.45) is 0 Å². The van der Waals surface area contributed by atoms with Crippen LogP contribution in [0.5, 0.6) is 0 Å². The molecule has 3 nitrogen and oxygen atoms in total. The molecule has 4 heteroatoms. The zero-order chi connectivity index (χ0) is 16.8. The summed E-state index contributed by atoms with van der Waals surface area (Å²) in [4.78, 5) is 17.3. The van der Waals surface area contributed by atoms with Gasteiger partial charge in [-0.25, -0.2) is 0 Å². The number of hydrogen-bond acceptors (Lipinski definition) is 3. The van der Waals surface area contributed by atoms with Crippen LogP contribution in [-0.4, -0.2) is 48.3 Å². The first-order valence-corrected chi connectivity index (χ1v) is 9.56. The van der Waals surface area contributed by atoms with Gasteiger partial charge in [0.1, 0.15) is 0 Å². The van der Waals surface area contributed by atoms with Gasteiger partial charge in [0.05, 0.1) is 0 Å². The molecule has 0 amide bonds. The molecular weight excluding hydrogens is 411 g/mol. The van der Waals surface area contributed by atoms with Gasteiger partial charge in [-0.05, 0) is 34.2 Å². The van der Waals surface area contributed by atoms with Gasteiger partial charge in [0.25, 0.3) is 0 Å². The van der Waals surface area contributed by atoms with Gasteiger partial charge >= 0.3 is 0 Å². The van der Waals surface area contributed by atoms with Crippen LogP contribution < -0.4 is 0 Å². The third-order valence-corrected chi connectivity index (χ3v) is 5.48. The van der Waals surface area contributed by atoms with E-state index in [0.717, 1.165) is 48.4 Å². The maximum atomic E-state index is 12.4. The van der Waals surface area contributed by atoms with Gasteiger partial charge in [-0.2, -0.15) is 0 Å². The van der Waals surface area contributed by atoms with Gasteiger partial charge in [0, 0.05) is 54.8 Å². The molecule has 0 atom stereocenters. The molecule has 0 spiro atoms. The topological polar surface area (TPSA) is 23.6 Å². The van der Waals surface area contributed by atoms with Crippen LogP contribution in [0.4, 0.5) is 0 Å². The number of carbonyl (C=O) groups is 1. The van der Waals surface area contributed by atoms with E-state index in [0.29, 0.717) is 6.42 Å². The summed E-state index contributed by atoms with van der Waals surface area (Å²) in [7, 11) is 0. The molecule has 0 N–H and O–H groups in total. The standard InChI is InChI=1S/C20H23IN2O/c21-19-9-5-4-8-18(19)20(24)10-11-22-12-14-23(15-13-22)16-17-6-2-1-3-7-17/h1-9H,10-16H2. The van der Waals surface area contributed by atoms with Crippen LogP contribution in [0.1, 0.15) is 22.3 Å². The Balaban J connectivity index is 1.43. The molecule has 24 heavy (non-hydrogen) atoms. The van der Waals surface area contributed by atoms with E-state index in [2.05, 4.69) is 62.7 Å². The number of Topliss-reactive ketones (excluding diaryl/α,β-unsaturated/α-hetero) is 1. The lowest BCUT2D eigenvalue weighted by Crippen LogP contribution is -2.46. The SMILES string of the molecule is O=C(CCN1CCN(Cc2ccccc2)CC1)c1ccccc1I. The summed E-state index contributed by atoms with van der Waals surface area (Å²) in [5.74, 6) is 0.256. The number of halogens is 1. The molecule has 0 unspecified atom stereocenters. The van der Waals surface area contributed by atoms with E-state index in [4.69, 9.17) is 0 Å². The van der Waals surface area contributed by atoms with Gasteiger partial charge in [-0.1, -0.05) is 48.5 Å². The minimum Gasteiger partial charge on any atom is -0.300 e. The highest BCUT2D eigenvalue weighted by Gasteiger charge is 2.18. The Morgan fingerprint density at radius 2 is 1.50 bits per heavy atom. The third kappa shape index (κ3) is 4.88.